The first-order valence-electron chi connectivity index (χ1n) is 8.63. The minimum atomic E-state index is 0.0785. The molecule has 2 aliphatic rings. The Morgan fingerprint density at radius 1 is 0.577 bits per heavy atom. The number of carbonyl (C=O) groups excluding carboxylic acids is 2. The highest BCUT2D eigenvalue weighted by Gasteiger charge is 2.21. The van der Waals surface area contributed by atoms with Crippen molar-refractivity contribution >= 4 is 22.7 Å². The number of hydrogen-bond donors (Lipinski definition) is 0. The maximum atomic E-state index is 12.4. The van der Waals surface area contributed by atoms with Crippen LogP contribution in [0.2, 0.25) is 0 Å². The Bertz CT molecular complexity index is 987. The number of Topliss-reactive ketones (excluding diaryl/α,β-unsaturated/α-hetero) is 2. The fourth-order valence-corrected chi connectivity index (χ4v) is 3.50. The molecule has 2 aromatic carbocycles. The van der Waals surface area contributed by atoms with Crippen LogP contribution < -0.4 is 0 Å². The molecule has 4 rings (SSSR count). The zero-order valence-corrected chi connectivity index (χ0v) is 14.7. The van der Waals surface area contributed by atoms with Crippen molar-refractivity contribution < 1.29 is 9.59 Å². The second-order valence-electron chi connectivity index (χ2n) is 6.65. The van der Waals surface area contributed by atoms with Crippen LogP contribution in [0.5, 0.6) is 0 Å². The fraction of sp³-hybridized carbons (Fsp3) is 0.0833. The molecule has 0 atom stereocenters. The van der Waals surface area contributed by atoms with Gasteiger partial charge in [0, 0.05) is 11.1 Å². The molecule has 0 saturated carbocycles. The van der Waals surface area contributed by atoms with E-state index in [4.69, 9.17) is 0 Å². The van der Waals surface area contributed by atoms with Crippen LogP contribution in [0.3, 0.4) is 0 Å². The van der Waals surface area contributed by atoms with Gasteiger partial charge in [-0.25, -0.2) is 0 Å². The third-order valence-corrected chi connectivity index (χ3v) is 4.87. The maximum Gasteiger partial charge on any atom is 0.189 e. The summed E-state index contributed by atoms with van der Waals surface area (Å²) in [6.07, 6.45) is 7.91. The van der Waals surface area contributed by atoms with Crippen LogP contribution in [-0.2, 0) is 0 Å². The first-order valence-corrected chi connectivity index (χ1v) is 8.63. The molecule has 0 spiro atoms. The van der Waals surface area contributed by atoms with Crippen molar-refractivity contribution in [2.75, 3.05) is 0 Å². The predicted octanol–water partition coefficient (Wildman–Crippen LogP) is 5.44. The van der Waals surface area contributed by atoms with Crippen LogP contribution >= 0.6 is 0 Å². The Labute approximate surface area is 152 Å². The van der Waals surface area contributed by atoms with Gasteiger partial charge in [-0.2, -0.15) is 0 Å². The maximum absolute atomic E-state index is 12.4. The van der Waals surface area contributed by atoms with Crippen LogP contribution in [0.25, 0.3) is 11.1 Å². The van der Waals surface area contributed by atoms with E-state index in [-0.39, 0.29) is 11.6 Å². The molecule has 0 bridgehead atoms. The lowest BCUT2D eigenvalue weighted by Crippen LogP contribution is -2.10. The predicted molar refractivity (Wildman–Crippen MR) is 105 cm³/mol. The molecule has 0 radical (unpaired) electrons. The molecule has 2 aromatic rings. The average Bonchev–Trinajstić information content (AvgIpc) is 2.67. The molecule has 0 amide bonds. The summed E-state index contributed by atoms with van der Waals surface area (Å²) in [5.74, 6) is 0.157. The van der Waals surface area contributed by atoms with E-state index in [1.54, 1.807) is 0 Å². The molecule has 26 heavy (non-hydrogen) atoms. The summed E-state index contributed by atoms with van der Waals surface area (Å²) in [5.41, 5.74) is 6.85. The molecule has 2 heteroatoms. The van der Waals surface area contributed by atoms with E-state index < -0.39 is 0 Å². The minimum absolute atomic E-state index is 0.0785. The summed E-state index contributed by atoms with van der Waals surface area (Å²) in [7, 11) is 0. The Morgan fingerprint density at radius 2 is 0.923 bits per heavy atom. The van der Waals surface area contributed by atoms with Gasteiger partial charge in [0.1, 0.15) is 0 Å². The van der Waals surface area contributed by atoms with E-state index in [0.717, 1.165) is 44.5 Å². The van der Waals surface area contributed by atoms with E-state index in [9.17, 15) is 9.59 Å². The zero-order valence-electron chi connectivity index (χ0n) is 14.7. The topological polar surface area (TPSA) is 34.1 Å². The van der Waals surface area contributed by atoms with Gasteiger partial charge in [0.15, 0.2) is 11.6 Å². The third kappa shape index (κ3) is 2.60. The quantitative estimate of drug-likeness (QED) is 0.694. The van der Waals surface area contributed by atoms with E-state index in [1.165, 1.54) is 0 Å². The van der Waals surface area contributed by atoms with Crippen LogP contribution in [0, 0.1) is 0 Å². The van der Waals surface area contributed by atoms with Gasteiger partial charge >= 0.3 is 0 Å². The van der Waals surface area contributed by atoms with Crippen molar-refractivity contribution in [3.05, 3.63) is 106 Å². The van der Waals surface area contributed by atoms with Gasteiger partial charge in [-0.15, -0.1) is 0 Å². The van der Waals surface area contributed by atoms with E-state index in [0.29, 0.717) is 0 Å². The second kappa shape index (κ2) is 6.23. The summed E-state index contributed by atoms with van der Waals surface area (Å²) < 4.78 is 0. The molecule has 0 fully saturated rings. The molecule has 0 heterocycles. The number of fused-ring (bicyclic) bond motifs is 2. The lowest BCUT2D eigenvalue weighted by atomic mass is 9.85. The van der Waals surface area contributed by atoms with Crippen molar-refractivity contribution in [1.29, 1.82) is 0 Å². The highest BCUT2D eigenvalue weighted by Crippen LogP contribution is 2.32. The van der Waals surface area contributed by atoms with Crippen LogP contribution in [0.1, 0.15) is 45.7 Å². The van der Waals surface area contributed by atoms with Crippen LogP contribution in [0.15, 0.2) is 84.0 Å². The summed E-state index contributed by atoms with van der Waals surface area (Å²) >= 11 is 0. The minimum Gasteiger partial charge on any atom is -0.289 e. The van der Waals surface area contributed by atoms with Gasteiger partial charge in [-0.1, -0.05) is 60.7 Å². The van der Waals surface area contributed by atoms with Crippen molar-refractivity contribution in [2.24, 2.45) is 0 Å². The van der Waals surface area contributed by atoms with Gasteiger partial charge in [-0.3, -0.25) is 9.59 Å². The zero-order chi connectivity index (χ0) is 18.3. The molecule has 0 N–H and O–H groups in total. The number of carbonyl (C=O) groups is 2. The second-order valence-corrected chi connectivity index (χ2v) is 6.65. The number of benzene rings is 2. The summed E-state index contributed by atoms with van der Waals surface area (Å²) in [5, 5.41) is 0. The first-order chi connectivity index (χ1) is 12.6. The SMILES string of the molecule is CC1=C/C(=C/C=C2/C=C(C)C(=O)c3ccccc32)c2ccccc2C1=O. The smallest absolute Gasteiger partial charge is 0.189 e. The molecule has 0 unspecified atom stereocenters. The average molecular weight is 338 g/mol. The van der Waals surface area contributed by atoms with Gasteiger partial charge < -0.3 is 0 Å². The number of rotatable bonds is 1. The van der Waals surface area contributed by atoms with Gasteiger partial charge in [-0.05, 0) is 59.4 Å². The van der Waals surface area contributed by atoms with Crippen molar-refractivity contribution in [1.82, 2.24) is 0 Å². The summed E-state index contributed by atoms with van der Waals surface area (Å²) in [6.45, 7) is 3.69. The number of allylic oxidation sites excluding steroid dienone is 8. The van der Waals surface area contributed by atoms with Gasteiger partial charge in [0.25, 0.3) is 0 Å². The molecular weight excluding hydrogens is 320 g/mol. The van der Waals surface area contributed by atoms with Gasteiger partial charge in [0.05, 0.1) is 0 Å². The summed E-state index contributed by atoms with van der Waals surface area (Å²) in [6, 6.07) is 15.4. The molecule has 0 saturated heterocycles. The highest BCUT2D eigenvalue weighted by atomic mass is 16.1. The molecular formula is C24H18O2. The first kappa shape index (κ1) is 16.2. The Hall–Kier alpha value is -3.26. The van der Waals surface area contributed by atoms with Crippen LogP contribution in [0.4, 0.5) is 0 Å². The summed E-state index contributed by atoms with van der Waals surface area (Å²) in [4.78, 5) is 24.7. The number of ketones is 2. The lowest BCUT2D eigenvalue weighted by Gasteiger charge is -2.17. The Morgan fingerprint density at radius 3 is 1.31 bits per heavy atom. The molecule has 2 nitrogen and oxygen atoms in total. The van der Waals surface area contributed by atoms with Crippen molar-refractivity contribution in [3.63, 3.8) is 0 Å². The Balaban J connectivity index is 1.85. The van der Waals surface area contributed by atoms with E-state index in [1.807, 2.05) is 86.7 Å². The monoisotopic (exact) mass is 338 g/mol. The van der Waals surface area contributed by atoms with E-state index in [2.05, 4.69) is 0 Å². The lowest BCUT2D eigenvalue weighted by molar-refractivity contribution is 0.102. The molecule has 2 aliphatic carbocycles. The van der Waals surface area contributed by atoms with Crippen molar-refractivity contribution in [3.8, 4) is 0 Å². The molecule has 0 aromatic heterocycles. The van der Waals surface area contributed by atoms with Crippen molar-refractivity contribution in [2.45, 2.75) is 13.8 Å². The standard InChI is InChI=1S/C24H18O2/c1-15-13-17(19-7-3-5-9-21(19)23(15)25)11-12-18-14-16(2)24(26)22-10-6-4-8-20(18)22/h3-14H,1-2H3/b17-11-,18-12-. The fourth-order valence-electron chi connectivity index (χ4n) is 3.50. The third-order valence-electron chi connectivity index (χ3n) is 4.87. The highest BCUT2D eigenvalue weighted by molar-refractivity contribution is 6.17. The normalized spacial score (nSPS) is 19.2. The van der Waals surface area contributed by atoms with Crippen LogP contribution in [-0.4, -0.2) is 11.6 Å². The van der Waals surface area contributed by atoms with E-state index >= 15 is 0 Å². The Kier molecular flexibility index (Phi) is 3.89. The largest absolute Gasteiger partial charge is 0.289 e. The molecule has 0 aliphatic heterocycles. The molecule has 126 valence electrons. The van der Waals surface area contributed by atoms with Gasteiger partial charge in [0.2, 0.25) is 0 Å². The number of hydrogen-bond acceptors (Lipinski definition) is 2.